The van der Waals surface area contributed by atoms with E-state index in [1.165, 1.54) is 17.5 Å². The Kier molecular flexibility index (Phi) is 10.9. The summed E-state index contributed by atoms with van der Waals surface area (Å²) in [6.45, 7) is 10.6. The summed E-state index contributed by atoms with van der Waals surface area (Å²) in [5.41, 5.74) is 5.23. The first-order chi connectivity index (χ1) is 18.4. The number of amides is 2. The molecule has 2 aromatic carbocycles. The van der Waals surface area contributed by atoms with Crippen LogP contribution in [-0.4, -0.2) is 77.8 Å². The number of aromatic nitrogens is 2. The Hall–Kier alpha value is -3.14. The smallest absolute Gasteiger partial charge is 0.256 e. The molecule has 206 valence electrons. The molecular weight excluding hydrogens is 502 g/mol. The van der Waals surface area contributed by atoms with E-state index in [2.05, 4.69) is 46.4 Å². The van der Waals surface area contributed by atoms with Crippen molar-refractivity contribution in [1.29, 1.82) is 0 Å². The van der Waals surface area contributed by atoms with E-state index >= 15 is 0 Å². The van der Waals surface area contributed by atoms with Crippen LogP contribution in [0.15, 0.2) is 42.6 Å². The second kappa shape index (κ2) is 14.1. The molecule has 10 heteroatoms. The van der Waals surface area contributed by atoms with Crippen LogP contribution in [0.5, 0.6) is 0 Å². The minimum absolute atomic E-state index is 0.0630. The van der Waals surface area contributed by atoms with Gasteiger partial charge in [-0.1, -0.05) is 31.2 Å². The number of hydrazine groups is 1. The number of carbonyl (C=O) groups is 2. The molecule has 0 fully saturated rings. The number of benzene rings is 2. The van der Waals surface area contributed by atoms with Gasteiger partial charge in [-0.3, -0.25) is 19.3 Å². The molecule has 0 radical (unpaired) electrons. The summed E-state index contributed by atoms with van der Waals surface area (Å²) in [5.74, 6) is -0.173. The van der Waals surface area contributed by atoms with Crippen molar-refractivity contribution in [2.24, 2.45) is 0 Å². The summed E-state index contributed by atoms with van der Waals surface area (Å²) in [7, 11) is 1.81. The molecule has 1 aromatic heterocycles. The zero-order valence-electron chi connectivity index (χ0n) is 23.1. The topological polar surface area (TPSA) is 85.7 Å². The quantitative estimate of drug-likeness (QED) is 0.286. The molecule has 0 saturated carbocycles. The number of nitrogens with one attached hydrogen (secondary N) is 2. The maximum Gasteiger partial charge on any atom is 0.256 e. The molecule has 2 N–H and O–H groups in total. The van der Waals surface area contributed by atoms with Gasteiger partial charge in [-0.05, 0) is 49.2 Å². The molecule has 0 bridgehead atoms. The van der Waals surface area contributed by atoms with Crippen LogP contribution in [-0.2, 0) is 29.2 Å². The van der Waals surface area contributed by atoms with Crippen molar-refractivity contribution in [2.75, 3.05) is 51.1 Å². The fraction of sp³-hybridized carbons (Fsp3) is 0.464. The Morgan fingerprint density at radius 1 is 1.05 bits per heavy atom. The highest BCUT2D eigenvalue weighted by Crippen LogP contribution is 2.27. The lowest BCUT2D eigenvalue weighted by molar-refractivity contribution is -0.145. The van der Waals surface area contributed by atoms with Gasteiger partial charge in [0.1, 0.15) is 0 Å². The number of rotatable bonds is 11. The van der Waals surface area contributed by atoms with Gasteiger partial charge < -0.3 is 15.5 Å². The van der Waals surface area contributed by atoms with E-state index in [0.29, 0.717) is 26.2 Å². The molecule has 0 spiro atoms. The first kappa shape index (κ1) is 29.4. The standard InChI is InChI=1S/C27H37N7O2.CH3Cl/c1-5-28-11-12-29-26(35)18-32(25-14-23-15-33(6-2)30-24(23)13-20(25)3)19-27(36)31(4)34-16-21-9-7-8-10-22(21)17-34;1-2/h7-10,13-15,28H,5-6,11-12,16-19H2,1-4H3,(H,29,35);1H3. The van der Waals surface area contributed by atoms with Gasteiger partial charge in [0.15, 0.2) is 0 Å². The molecule has 1 aliphatic rings. The van der Waals surface area contributed by atoms with Crippen LogP contribution in [0.25, 0.3) is 10.9 Å². The highest BCUT2D eigenvalue weighted by molar-refractivity contribution is 6.15. The SMILES string of the molecule is CCNCCNC(=O)CN(CC(=O)N(C)N1Cc2ccccc2C1)c1cc2cn(CC)nc2cc1C.CCl. The molecular formula is C28H40ClN7O2. The third-order valence-corrected chi connectivity index (χ3v) is 6.68. The van der Waals surface area contributed by atoms with Gasteiger partial charge in [-0.2, -0.15) is 5.10 Å². The van der Waals surface area contributed by atoms with E-state index in [-0.39, 0.29) is 24.9 Å². The molecule has 2 amide bonds. The van der Waals surface area contributed by atoms with Crippen molar-refractivity contribution in [3.63, 3.8) is 0 Å². The zero-order chi connectivity index (χ0) is 27.7. The third kappa shape index (κ3) is 7.24. The number of aryl methyl sites for hydroxylation is 2. The van der Waals surface area contributed by atoms with E-state index in [9.17, 15) is 9.59 Å². The normalized spacial score (nSPS) is 12.6. The summed E-state index contributed by atoms with van der Waals surface area (Å²) in [4.78, 5) is 28.2. The molecule has 38 heavy (non-hydrogen) atoms. The Morgan fingerprint density at radius 2 is 1.74 bits per heavy atom. The van der Waals surface area contributed by atoms with Crippen LogP contribution in [0, 0.1) is 6.92 Å². The lowest BCUT2D eigenvalue weighted by Crippen LogP contribution is -2.48. The number of hydrogen-bond acceptors (Lipinski definition) is 6. The summed E-state index contributed by atoms with van der Waals surface area (Å²) in [5, 5.41) is 15.5. The maximum absolute atomic E-state index is 13.5. The third-order valence-electron chi connectivity index (χ3n) is 6.68. The van der Waals surface area contributed by atoms with E-state index in [0.717, 1.165) is 35.2 Å². The van der Waals surface area contributed by atoms with Gasteiger partial charge in [0, 0.05) is 63.4 Å². The number of fused-ring (bicyclic) bond motifs is 2. The Balaban J connectivity index is 0.00000195. The first-order valence-electron chi connectivity index (χ1n) is 13.1. The second-order valence-corrected chi connectivity index (χ2v) is 9.25. The summed E-state index contributed by atoms with van der Waals surface area (Å²) in [6.07, 6.45) is 3.47. The molecule has 9 nitrogen and oxygen atoms in total. The van der Waals surface area contributed by atoms with Crippen molar-refractivity contribution >= 4 is 40.0 Å². The van der Waals surface area contributed by atoms with Gasteiger partial charge in [-0.15, -0.1) is 11.6 Å². The summed E-state index contributed by atoms with van der Waals surface area (Å²) < 4.78 is 1.90. The fourth-order valence-electron chi connectivity index (χ4n) is 4.59. The number of likely N-dealkylation sites (N-methyl/N-ethyl adjacent to an activating group) is 2. The highest BCUT2D eigenvalue weighted by Gasteiger charge is 2.27. The predicted molar refractivity (Wildman–Crippen MR) is 154 cm³/mol. The largest absolute Gasteiger partial charge is 0.353 e. The minimum Gasteiger partial charge on any atom is -0.353 e. The van der Waals surface area contributed by atoms with E-state index < -0.39 is 0 Å². The van der Waals surface area contributed by atoms with Crippen LogP contribution in [0.4, 0.5) is 5.69 Å². The van der Waals surface area contributed by atoms with Crippen molar-refractivity contribution in [1.82, 2.24) is 30.4 Å². The van der Waals surface area contributed by atoms with Crippen molar-refractivity contribution in [2.45, 2.75) is 40.4 Å². The summed E-state index contributed by atoms with van der Waals surface area (Å²) >= 11 is 4.64. The predicted octanol–water partition coefficient (Wildman–Crippen LogP) is 3.14. The van der Waals surface area contributed by atoms with Crippen LogP contribution < -0.4 is 15.5 Å². The van der Waals surface area contributed by atoms with Crippen LogP contribution in [0.1, 0.15) is 30.5 Å². The molecule has 4 rings (SSSR count). The van der Waals surface area contributed by atoms with E-state index in [1.54, 1.807) is 5.01 Å². The number of alkyl halides is 1. The number of anilines is 1. The van der Waals surface area contributed by atoms with Crippen LogP contribution in [0.2, 0.25) is 0 Å². The van der Waals surface area contributed by atoms with Gasteiger partial charge in [0.05, 0.1) is 18.6 Å². The van der Waals surface area contributed by atoms with Crippen LogP contribution in [0.3, 0.4) is 0 Å². The second-order valence-electron chi connectivity index (χ2n) is 9.25. The lowest BCUT2D eigenvalue weighted by atomic mass is 10.1. The Bertz CT molecular complexity index is 1200. The molecule has 3 aromatic rings. The van der Waals surface area contributed by atoms with Crippen molar-refractivity contribution in [3.05, 3.63) is 59.3 Å². The van der Waals surface area contributed by atoms with Gasteiger partial charge >= 0.3 is 0 Å². The molecule has 2 heterocycles. The van der Waals surface area contributed by atoms with Crippen LogP contribution >= 0.6 is 11.6 Å². The molecule has 0 atom stereocenters. The zero-order valence-corrected chi connectivity index (χ0v) is 23.9. The van der Waals surface area contributed by atoms with Crippen molar-refractivity contribution < 1.29 is 9.59 Å². The molecule has 0 saturated heterocycles. The average Bonchev–Trinajstić information content (AvgIpc) is 3.54. The number of halogens is 1. The Labute approximate surface area is 230 Å². The van der Waals surface area contributed by atoms with Gasteiger partial charge in [0.2, 0.25) is 5.91 Å². The van der Waals surface area contributed by atoms with Gasteiger partial charge in [0.25, 0.3) is 5.91 Å². The van der Waals surface area contributed by atoms with Gasteiger partial charge in [-0.25, -0.2) is 5.01 Å². The molecule has 0 unspecified atom stereocenters. The number of carbonyl (C=O) groups excluding carboxylic acids is 2. The number of nitrogens with zero attached hydrogens (tertiary/aromatic N) is 5. The van der Waals surface area contributed by atoms with E-state index in [1.807, 2.05) is 65.9 Å². The maximum atomic E-state index is 13.5. The monoisotopic (exact) mass is 541 g/mol. The minimum atomic E-state index is -0.110. The Morgan fingerprint density at radius 3 is 2.37 bits per heavy atom. The molecule has 0 aliphatic carbocycles. The summed E-state index contributed by atoms with van der Waals surface area (Å²) in [6, 6.07) is 12.3. The number of hydrogen-bond donors (Lipinski definition) is 2. The van der Waals surface area contributed by atoms with E-state index in [4.69, 9.17) is 0 Å². The van der Waals surface area contributed by atoms with Crippen molar-refractivity contribution in [3.8, 4) is 0 Å². The lowest BCUT2D eigenvalue weighted by Gasteiger charge is -2.32. The molecule has 1 aliphatic heterocycles. The highest BCUT2D eigenvalue weighted by atomic mass is 35.5. The average molecular weight is 542 g/mol. The fourth-order valence-corrected chi connectivity index (χ4v) is 4.59. The first-order valence-corrected chi connectivity index (χ1v) is 13.8.